The fourth-order valence-electron chi connectivity index (χ4n) is 2.52. The maximum absolute atomic E-state index is 12.1. The average molecular weight is 366 g/mol. The van der Waals surface area contributed by atoms with Crippen molar-refractivity contribution in [2.24, 2.45) is 5.10 Å². The molecule has 0 spiro atoms. The third kappa shape index (κ3) is 7.86. The Kier molecular flexibility index (Phi) is 8.77. The molecule has 0 bridgehead atoms. The maximum atomic E-state index is 12.1. The minimum atomic E-state index is -0.416. The van der Waals surface area contributed by atoms with Crippen molar-refractivity contribution >= 4 is 18.1 Å². The standard InChI is InChI=1S/C22H26N2O3/c1-2-3-4-5-9-15-21(25)24-23-17-18-11-10-14-20(16-18)27-22(26)19-12-7-6-8-13-19/h6-8,10-14,16-17H,2-5,9,15H2,1H3,(H,24,25). The molecule has 0 fully saturated rings. The molecule has 1 amide bonds. The van der Waals surface area contributed by atoms with Gasteiger partial charge >= 0.3 is 5.97 Å². The van der Waals surface area contributed by atoms with E-state index in [-0.39, 0.29) is 5.91 Å². The Morgan fingerprint density at radius 3 is 2.56 bits per heavy atom. The number of ether oxygens (including phenoxy) is 1. The minimum absolute atomic E-state index is 0.0885. The number of hydrogen-bond donors (Lipinski definition) is 1. The van der Waals surface area contributed by atoms with Gasteiger partial charge in [-0.15, -0.1) is 0 Å². The lowest BCUT2D eigenvalue weighted by Gasteiger charge is -2.05. The third-order valence-electron chi connectivity index (χ3n) is 3.99. The molecular weight excluding hydrogens is 340 g/mol. The number of benzene rings is 2. The molecule has 0 atom stereocenters. The van der Waals surface area contributed by atoms with Gasteiger partial charge in [-0.3, -0.25) is 4.79 Å². The SMILES string of the molecule is CCCCCCCC(=O)NN=Cc1cccc(OC(=O)c2ccccc2)c1. The monoisotopic (exact) mass is 366 g/mol. The van der Waals surface area contributed by atoms with Crippen molar-refractivity contribution in [2.75, 3.05) is 0 Å². The number of nitrogens with one attached hydrogen (secondary N) is 1. The molecule has 1 N–H and O–H groups in total. The number of unbranched alkanes of at least 4 members (excludes halogenated alkanes) is 4. The second-order valence-electron chi connectivity index (χ2n) is 6.29. The molecular formula is C22H26N2O3. The van der Waals surface area contributed by atoms with E-state index in [1.54, 1.807) is 42.5 Å². The highest BCUT2D eigenvalue weighted by Crippen LogP contribution is 2.14. The van der Waals surface area contributed by atoms with E-state index in [2.05, 4.69) is 17.5 Å². The zero-order valence-electron chi connectivity index (χ0n) is 15.7. The average Bonchev–Trinajstić information content (AvgIpc) is 2.69. The molecule has 0 saturated carbocycles. The van der Waals surface area contributed by atoms with Crippen LogP contribution in [0.3, 0.4) is 0 Å². The van der Waals surface area contributed by atoms with Crippen molar-refractivity contribution < 1.29 is 14.3 Å². The van der Waals surface area contributed by atoms with E-state index >= 15 is 0 Å². The number of nitrogens with zero attached hydrogens (tertiary/aromatic N) is 1. The van der Waals surface area contributed by atoms with Crippen LogP contribution in [0.15, 0.2) is 59.7 Å². The largest absolute Gasteiger partial charge is 0.423 e. The summed E-state index contributed by atoms with van der Waals surface area (Å²) in [5, 5.41) is 3.97. The van der Waals surface area contributed by atoms with E-state index in [0.717, 1.165) is 18.4 Å². The Labute approximate surface area is 160 Å². The number of hydrogen-bond acceptors (Lipinski definition) is 4. The molecule has 0 aromatic heterocycles. The molecule has 0 aliphatic heterocycles. The van der Waals surface area contributed by atoms with Crippen LogP contribution in [0.5, 0.6) is 5.75 Å². The van der Waals surface area contributed by atoms with Gasteiger partial charge in [-0.1, -0.05) is 62.9 Å². The molecule has 0 aliphatic rings. The highest BCUT2D eigenvalue weighted by atomic mass is 16.5. The van der Waals surface area contributed by atoms with Gasteiger partial charge in [0.2, 0.25) is 5.91 Å². The molecule has 27 heavy (non-hydrogen) atoms. The van der Waals surface area contributed by atoms with E-state index in [0.29, 0.717) is 17.7 Å². The summed E-state index contributed by atoms with van der Waals surface area (Å²) in [6, 6.07) is 15.8. The van der Waals surface area contributed by atoms with Gasteiger partial charge in [0.25, 0.3) is 0 Å². The van der Waals surface area contributed by atoms with Crippen LogP contribution in [-0.2, 0) is 4.79 Å². The normalized spacial score (nSPS) is 10.7. The van der Waals surface area contributed by atoms with Crippen LogP contribution in [0, 0.1) is 0 Å². The molecule has 142 valence electrons. The first-order valence-corrected chi connectivity index (χ1v) is 9.38. The van der Waals surface area contributed by atoms with Gasteiger partial charge < -0.3 is 4.74 Å². The third-order valence-corrected chi connectivity index (χ3v) is 3.99. The lowest BCUT2D eigenvalue weighted by Crippen LogP contribution is -2.16. The van der Waals surface area contributed by atoms with Gasteiger partial charge in [0, 0.05) is 6.42 Å². The van der Waals surface area contributed by atoms with Crippen molar-refractivity contribution in [2.45, 2.75) is 45.4 Å². The molecule has 0 heterocycles. The number of rotatable bonds is 10. The Hall–Kier alpha value is -2.95. The van der Waals surface area contributed by atoms with Crippen molar-refractivity contribution in [3.63, 3.8) is 0 Å². The van der Waals surface area contributed by atoms with Crippen LogP contribution < -0.4 is 10.2 Å². The van der Waals surface area contributed by atoms with Crippen LogP contribution in [0.2, 0.25) is 0 Å². The van der Waals surface area contributed by atoms with Crippen LogP contribution in [-0.4, -0.2) is 18.1 Å². The van der Waals surface area contributed by atoms with Crippen LogP contribution >= 0.6 is 0 Å². The summed E-state index contributed by atoms with van der Waals surface area (Å²) < 4.78 is 5.37. The molecule has 0 unspecified atom stereocenters. The Morgan fingerprint density at radius 1 is 1.00 bits per heavy atom. The summed E-state index contributed by atoms with van der Waals surface area (Å²) in [5.41, 5.74) is 3.75. The second-order valence-corrected chi connectivity index (χ2v) is 6.29. The van der Waals surface area contributed by atoms with Gasteiger partial charge in [-0.05, 0) is 36.2 Å². The number of esters is 1. The first kappa shape index (κ1) is 20.4. The van der Waals surface area contributed by atoms with Crippen molar-refractivity contribution in [1.29, 1.82) is 0 Å². The quantitative estimate of drug-likeness (QED) is 0.218. The molecule has 0 aliphatic carbocycles. The first-order chi connectivity index (χ1) is 13.2. The number of amides is 1. The van der Waals surface area contributed by atoms with E-state index in [1.165, 1.54) is 25.5 Å². The molecule has 5 nitrogen and oxygen atoms in total. The summed E-state index contributed by atoms with van der Waals surface area (Å²) >= 11 is 0. The molecule has 0 saturated heterocycles. The predicted molar refractivity (Wildman–Crippen MR) is 107 cm³/mol. The fraction of sp³-hybridized carbons (Fsp3) is 0.318. The minimum Gasteiger partial charge on any atom is -0.423 e. The van der Waals surface area contributed by atoms with E-state index < -0.39 is 5.97 Å². The van der Waals surface area contributed by atoms with Gasteiger partial charge in [0.15, 0.2) is 0 Å². The molecule has 2 aromatic carbocycles. The van der Waals surface area contributed by atoms with Crippen molar-refractivity contribution in [3.05, 3.63) is 65.7 Å². The van der Waals surface area contributed by atoms with E-state index in [9.17, 15) is 9.59 Å². The van der Waals surface area contributed by atoms with Crippen LogP contribution in [0.4, 0.5) is 0 Å². The highest BCUT2D eigenvalue weighted by molar-refractivity contribution is 5.91. The second kappa shape index (κ2) is 11.6. The number of carbonyl (C=O) groups excluding carboxylic acids is 2. The van der Waals surface area contributed by atoms with E-state index in [1.807, 2.05) is 12.1 Å². The zero-order valence-corrected chi connectivity index (χ0v) is 15.7. The smallest absolute Gasteiger partial charge is 0.343 e. The Balaban J connectivity index is 1.80. The lowest BCUT2D eigenvalue weighted by molar-refractivity contribution is -0.121. The van der Waals surface area contributed by atoms with Crippen LogP contribution in [0.25, 0.3) is 0 Å². The summed E-state index contributed by atoms with van der Waals surface area (Å²) in [7, 11) is 0. The van der Waals surface area contributed by atoms with Gasteiger partial charge in [-0.2, -0.15) is 5.10 Å². The van der Waals surface area contributed by atoms with Gasteiger partial charge in [-0.25, -0.2) is 10.2 Å². The molecule has 2 rings (SSSR count). The summed E-state index contributed by atoms with van der Waals surface area (Å²) in [6.07, 6.45) is 7.54. The zero-order chi connectivity index (χ0) is 19.3. The van der Waals surface area contributed by atoms with Crippen molar-refractivity contribution in [3.8, 4) is 5.75 Å². The Morgan fingerprint density at radius 2 is 1.78 bits per heavy atom. The summed E-state index contributed by atoms with van der Waals surface area (Å²) in [6.45, 7) is 2.17. The Bertz CT molecular complexity index is 757. The topological polar surface area (TPSA) is 67.8 Å². The van der Waals surface area contributed by atoms with Gasteiger partial charge in [0.05, 0.1) is 11.8 Å². The molecule has 0 radical (unpaired) electrons. The van der Waals surface area contributed by atoms with Gasteiger partial charge in [0.1, 0.15) is 5.75 Å². The first-order valence-electron chi connectivity index (χ1n) is 9.38. The van der Waals surface area contributed by atoms with E-state index in [4.69, 9.17) is 4.74 Å². The lowest BCUT2D eigenvalue weighted by atomic mass is 10.1. The maximum Gasteiger partial charge on any atom is 0.343 e. The summed E-state index contributed by atoms with van der Waals surface area (Å²) in [4.78, 5) is 23.8. The number of carbonyl (C=O) groups is 2. The molecule has 5 heteroatoms. The summed E-state index contributed by atoms with van der Waals surface area (Å²) in [5.74, 6) is -0.0782. The molecule has 2 aromatic rings. The van der Waals surface area contributed by atoms with Crippen LogP contribution in [0.1, 0.15) is 61.4 Å². The predicted octanol–water partition coefficient (Wildman–Crippen LogP) is 4.72. The fourth-order valence-corrected chi connectivity index (χ4v) is 2.52. The highest BCUT2D eigenvalue weighted by Gasteiger charge is 2.07. The number of hydrazone groups is 1. The van der Waals surface area contributed by atoms with Crippen molar-refractivity contribution in [1.82, 2.24) is 5.43 Å².